The molecule has 0 bridgehead atoms. The highest BCUT2D eigenvalue weighted by molar-refractivity contribution is 6.42. The van der Waals surface area contributed by atoms with Gasteiger partial charge in [-0.05, 0) is 88.8 Å². The van der Waals surface area contributed by atoms with Crippen molar-refractivity contribution in [3.63, 3.8) is 0 Å². The number of carbonyl (C=O) groups is 2. The summed E-state index contributed by atoms with van der Waals surface area (Å²) < 4.78 is 0. The van der Waals surface area contributed by atoms with E-state index < -0.39 is 5.92 Å². The van der Waals surface area contributed by atoms with Crippen LogP contribution < -0.4 is 5.32 Å². The molecular formula is C37H40Cl2N2O2. The molecule has 1 unspecified atom stereocenters. The lowest BCUT2D eigenvalue weighted by Crippen LogP contribution is -2.43. The molecule has 0 spiro atoms. The van der Waals surface area contributed by atoms with Crippen LogP contribution >= 0.6 is 23.2 Å². The summed E-state index contributed by atoms with van der Waals surface area (Å²) >= 11 is 13.0. The van der Waals surface area contributed by atoms with Gasteiger partial charge in [-0.2, -0.15) is 0 Å². The van der Waals surface area contributed by atoms with E-state index in [9.17, 15) is 9.59 Å². The monoisotopic (exact) mass is 614 g/mol. The van der Waals surface area contributed by atoms with Crippen LogP contribution in [0.25, 0.3) is 0 Å². The Labute approximate surface area is 265 Å². The number of benzene rings is 3. The van der Waals surface area contributed by atoms with Gasteiger partial charge in [0.25, 0.3) is 0 Å². The molecule has 4 nitrogen and oxygen atoms in total. The highest BCUT2D eigenvalue weighted by Gasteiger charge is 2.38. The Balaban J connectivity index is 1.24. The molecule has 6 heteroatoms. The highest BCUT2D eigenvalue weighted by atomic mass is 35.5. The fourth-order valence-corrected chi connectivity index (χ4v) is 7.47. The number of rotatable bonds is 10. The van der Waals surface area contributed by atoms with Crippen LogP contribution in [0.4, 0.5) is 0 Å². The van der Waals surface area contributed by atoms with Gasteiger partial charge in [-0.15, -0.1) is 0 Å². The standard InChI is InChI=1S/C37H40Cl2N2O2/c1-25-33(27(3)42)35(30-17-12-18-31(38)36(30)39)34(26(2)40-25)32(43)19-10-11-22-41-23-20-37(21-24-41,28-13-6-4-7-14-28)29-15-8-5-9-16-29/h4-9,12-18,35,40H,10-11,19-24H2,1-3H3. The summed E-state index contributed by atoms with van der Waals surface area (Å²) in [6.45, 7) is 8.32. The van der Waals surface area contributed by atoms with E-state index in [2.05, 4.69) is 70.9 Å². The summed E-state index contributed by atoms with van der Waals surface area (Å²) in [6.07, 6.45) is 4.27. The number of hydrogen-bond acceptors (Lipinski definition) is 4. The number of allylic oxidation sites excluding steroid dienone is 4. The van der Waals surface area contributed by atoms with Gasteiger partial charge in [0.05, 0.1) is 10.0 Å². The predicted octanol–water partition coefficient (Wildman–Crippen LogP) is 8.64. The summed E-state index contributed by atoms with van der Waals surface area (Å²) in [4.78, 5) is 29.1. The van der Waals surface area contributed by atoms with Gasteiger partial charge < -0.3 is 10.2 Å². The molecule has 43 heavy (non-hydrogen) atoms. The fourth-order valence-electron chi connectivity index (χ4n) is 7.06. The second-order valence-corrected chi connectivity index (χ2v) is 12.7. The van der Waals surface area contributed by atoms with E-state index in [4.69, 9.17) is 23.2 Å². The molecule has 0 radical (unpaired) electrons. The minimum absolute atomic E-state index is 0.0314. The fraction of sp³-hybridized carbons (Fsp3) is 0.351. The van der Waals surface area contributed by atoms with Gasteiger partial charge in [0.15, 0.2) is 11.6 Å². The van der Waals surface area contributed by atoms with Crippen molar-refractivity contribution < 1.29 is 9.59 Å². The minimum Gasteiger partial charge on any atom is -0.362 e. The number of unbranched alkanes of at least 4 members (excludes halogenated alkanes) is 1. The number of hydrogen-bond donors (Lipinski definition) is 1. The van der Waals surface area contributed by atoms with Crippen LogP contribution in [0, 0.1) is 0 Å². The summed E-state index contributed by atoms with van der Waals surface area (Å²) in [5.41, 5.74) is 6.18. The quantitative estimate of drug-likeness (QED) is 0.232. The van der Waals surface area contributed by atoms with E-state index in [-0.39, 0.29) is 17.0 Å². The third-order valence-corrected chi connectivity index (χ3v) is 10.1. The summed E-state index contributed by atoms with van der Waals surface area (Å²) in [5.74, 6) is -0.581. The maximum absolute atomic E-state index is 13.8. The van der Waals surface area contributed by atoms with Crippen LogP contribution in [0.2, 0.25) is 10.0 Å². The maximum atomic E-state index is 13.8. The zero-order valence-electron chi connectivity index (χ0n) is 25.3. The molecule has 2 heterocycles. The van der Waals surface area contributed by atoms with Crippen LogP contribution in [-0.2, 0) is 15.0 Å². The molecule has 0 aliphatic carbocycles. The molecule has 3 aromatic carbocycles. The molecule has 3 aromatic rings. The first-order valence-corrected chi connectivity index (χ1v) is 16.0. The Kier molecular flexibility index (Phi) is 9.91. The van der Waals surface area contributed by atoms with Gasteiger partial charge >= 0.3 is 0 Å². The van der Waals surface area contributed by atoms with E-state index >= 15 is 0 Å². The van der Waals surface area contributed by atoms with Crippen molar-refractivity contribution in [3.8, 4) is 0 Å². The topological polar surface area (TPSA) is 49.4 Å². The minimum atomic E-state index is -0.538. The smallest absolute Gasteiger partial charge is 0.161 e. The summed E-state index contributed by atoms with van der Waals surface area (Å²) in [6, 6.07) is 27.2. The second-order valence-electron chi connectivity index (χ2n) is 11.9. The summed E-state index contributed by atoms with van der Waals surface area (Å²) in [5, 5.41) is 4.08. The average Bonchev–Trinajstić information content (AvgIpc) is 3.01. The Morgan fingerprint density at radius 2 is 1.40 bits per heavy atom. The van der Waals surface area contributed by atoms with Crippen molar-refractivity contribution >= 4 is 34.8 Å². The number of dihydropyridines is 1. The van der Waals surface area contributed by atoms with Crippen LogP contribution in [0.1, 0.15) is 75.5 Å². The molecule has 1 saturated heterocycles. The molecular weight excluding hydrogens is 575 g/mol. The number of nitrogens with zero attached hydrogens (tertiary/aromatic N) is 1. The Hall–Kier alpha value is -3.18. The molecule has 0 saturated carbocycles. The third-order valence-electron chi connectivity index (χ3n) is 9.22. The Bertz CT molecular complexity index is 1500. The first kappa shape index (κ1) is 31.3. The van der Waals surface area contributed by atoms with Crippen LogP contribution in [0.3, 0.4) is 0 Å². The number of Topliss-reactive ketones (excluding diaryl/α,β-unsaturated/α-hetero) is 2. The lowest BCUT2D eigenvalue weighted by molar-refractivity contribution is -0.116. The molecule has 1 fully saturated rings. The zero-order valence-corrected chi connectivity index (χ0v) is 26.8. The largest absolute Gasteiger partial charge is 0.362 e. The van der Waals surface area contributed by atoms with Crippen molar-refractivity contribution in [1.29, 1.82) is 0 Å². The summed E-state index contributed by atoms with van der Waals surface area (Å²) in [7, 11) is 0. The van der Waals surface area contributed by atoms with Crippen molar-refractivity contribution in [2.45, 2.75) is 64.2 Å². The number of piperidine rings is 1. The van der Waals surface area contributed by atoms with E-state index in [1.807, 2.05) is 26.0 Å². The molecule has 1 N–H and O–H groups in total. The van der Waals surface area contributed by atoms with Gasteiger partial charge in [0.2, 0.25) is 0 Å². The number of halogens is 2. The van der Waals surface area contributed by atoms with Crippen molar-refractivity contribution in [3.05, 3.63) is 128 Å². The SMILES string of the molecule is CC(=O)C1=C(C)NC(C)=C(C(=O)CCCCN2CCC(c3ccccc3)(c3ccccc3)CC2)C1c1cccc(Cl)c1Cl. The number of ketones is 2. The van der Waals surface area contributed by atoms with Gasteiger partial charge in [0, 0.05) is 40.3 Å². The number of carbonyl (C=O) groups excluding carboxylic acids is 2. The molecule has 2 aliphatic heterocycles. The second kappa shape index (κ2) is 13.6. The van der Waals surface area contributed by atoms with E-state index in [1.54, 1.807) is 6.07 Å². The number of likely N-dealkylation sites (tertiary alicyclic amines) is 1. The molecule has 2 aliphatic rings. The first-order valence-electron chi connectivity index (χ1n) is 15.2. The molecule has 224 valence electrons. The van der Waals surface area contributed by atoms with Crippen molar-refractivity contribution in [2.75, 3.05) is 19.6 Å². The van der Waals surface area contributed by atoms with Gasteiger partial charge in [-0.1, -0.05) is 96.0 Å². The van der Waals surface area contributed by atoms with E-state index in [0.717, 1.165) is 56.7 Å². The average molecular weight is 616 g/mol. The van der Waals surface area contributed by atoms with Crippen LogP contribution in [0.5, 0.6) is 0 Å². The first-order chi connectivity index (χ1) is 20.7. The Morgan fingerprint density at radius 1 is 0.814 bits per heavy atom. The normalized spacial score (nSPS) is 18.9. The Morgan fingerprint density at radius 3 is 1.98 bits per heavy atom. The lowest BCUT2D eigenvalue weighted by atomic mass is 9.68. The van der Waals surface area contributed by atoms with E-state index in [1.165, 1.54) is 18.1 Å². The van der Waals surface area contributed by atoms with Crippen LogP contribution in [-0.4, -0.2) is 36.1 Å². The lowest BCUT2D eigenvalue weighted by Gasteiger charge is -2.43. The number of nitrogens with one attached hydrogen (secondary N) is 1. The maximum Gasteiger partial charge on any atom is 0.161 e. The predicted molar refractivity (Wildman–Crippen MR) is 177 cm³/mol. The van der Waals surface area contributed by atoms with Gasteiger partial charge in [-0.3, -0.25) is 9.59 Å². The van der Waals surface area contributed by atoms with Crippen LogP contribution in [0.15, 0.2) is 101 Å². The molecule has 0 amide bonds. The molecule has 1 atom stereocenters. The molecule has 5 rings (SSSR count). The van der Waals surface area contributed by atoms with E-state index in [0.29, 0.717) is 33.2 Å². The molecule has 0 aromatic heterocycles. The zero-order chi connectivity index (χ0) is 30.6. The van der Waals surface area contributed by atoms with Crippen molar-refractivity contribution in [2.24, 2.45) is 0 Å². The van der Waals surface area contributed by atoms with Crippen molar-refractivity contribution in [1.82, 2.24) is 10.2 Å². The van der Waals surface area contributed by atoms with Gasteiger partial charge in [-0.25, -0.2) is 0 Å². The third kappa shape index (κ3) is 6.52. The van der Waals surface area contributed by atoms with Gasteiger partial charge in [0.1, 0.15) is 0 Å². The highest BCUT2D eigenvalue weighted by Crippen LogP contribution is 2.44.